The number of nitrogens with one attached hydrogen (secondary N) is 2. The minimum absolute atomic E-state index is 0.0461. The zero-order chi connectivity index (χ0) is 23.2. The maximum absolute atomic E-state index is 12.6. The Morgan fingerprint density at radius 3 is 2.18 bits per heavy atom. The van der Waals surface area contributed by atoms with Crippen molar-refractivity contribution in [3.63, 3.8) is 0 Å². The molecule has 0 saturated carbocycles. The molecule has 0 unspecified atom stereocenters. The van der Waals surface area contributed by atoms with Gasteiger partial charge in [0.2, 0.25) is 0 Å². The summed E-state index contributed by atoms with van der Waals surface area (Å²) < 4.78 is 6.70. The lowest BCUT2D eigenvalue weighted by Gasteiger charge is -2.11. The summed E-state index contributed by atoms with van der Waals surface area (Å²) >= 11 is 0. The van der Waals surface area contributed by atoms with Crippen molar-refractivity contribution in [1.82, 2.24) is 20.6 Å². The van der Waals surface area contributed by atoms with Crippen LogP contribution >= 0.6 is 0 Å². The fourth-order valence-electron chi connectivity index (χ4n) is 3.36. The summed E-state index contributed by atoms with van der Waals surface area (Å²) in [7, 11) is 0. The second-order valence-corrected chi connectivity index (χ2v) is 7.20. The van der Waals surface area contributed by atoms with Gasteiger partial charge in [-0.25, -0.2) is 4.68 Å². The van der Waals surface area contributed by atoms with Crippen LogP contribution in [0.3, 0.4) is 0 Å². The van der Waals surface area contributed by atoms with Gasteiger partial charge in [0.15, 0.2) is 12.3 Å². The number of carbonyl (C=O) groups excluding carboxylic acids is 2. The van der Waals surface area contributed by atoms with E-state index < -0.39 is 11.8 Å². The van der Waals surface area contributed by atoms with Crippen molar-refractivity contribution in [2.45, 2.75) is 13.5 Å². The normalized spacial score (nSPS) is 10.6. The number of hydrazine groups is 1. The van der Waals surface area contributed by atoms with Gasteiger partial charge in [-0.05, 0) is 36.2 Å². The van der Waals surface area contributed by atoms with Crippen molar-refractivity contribution < 1.29 is 14.3 Å². The van der Waals surface area contributed by atoms with Crippen LogP contribution in [0.4, 0.5) is 0 Å². The Bertz CT molecular complexity index is 1350. The van der Waals surface area contributed by atoms with Crippen molar-refractivity contribution in [3.8, 4) is 16.9 Å². The maximum atomic E-state index is 12.6. The average molecular weight is 442 g/mol. The molecule has 0 bridgehead atoms. The Hall–Kier alpha value is -4.46. The number of amides is 2. The second-order valence-electron chi connectivity index (χ2n) is 7.20. The molecule has 1 heterocycles. The summed E-state index contributed by atoms with van der Waals surface area (Å²) in [5.74, 6) is -0.642. The third kappa shape index (κ3) is 4.90. The van der Waals surface area contributed by atoms with E-state index in [0.717, 1.165) is 11.1 Å². The molecule has 8 nitrogen and oxygen atoms in total. The standard InChI is InChI=1S/C25H22N4O4/c1-2-29-25(32)21-11-7-6-10-20(21)23(28-29)24(31)27-26-22(30)16-33-19-14-12-18(13-15-19)17-8-4-3-5-9-17/h3-15H,2,16H2,1H3,(H,26,30)(H,27,31). The zero-order valence-corrected chi connectivity index (χ0v) is 17.9. The van der Waals surface area contributed by atoms with E-state index in [1.807, 2.05) is 42.5 Å². The monoisotopic (exact) mass is 442 g/mol. The van der Waals surface area contributed by atoms with Crippen molar-refractivity contribution in [2.75, 3.05) is 6.61 Å². The van der Waals surface area contributed by atoms with Gasteiger partial charge in [0.25, 0.3) is 17.4 Å². The smallest absolute Gasteiger partial charge is 0.290 e. The van der Waals surface area contributed by atoms with Crippen LogP contribution in [0.2, 0.25) is 0 Å². The van der Waals surface area contributed by atoms with Gasteiger partial charge in [0, 0.05) is 11.9 Å². The van der Waals surface area contributed by atoms with E-state index in [-0.39, 0.29) is 17.9 Å². The van der Waals surface area contributed by atoms with E-state index >= 15 is 0 Å². The van der Waals surface area contributed by atoms with E-state index in [1.165, 1.54) is 4.68 Å². The minimum Gasteiger partial charge on any atom is -0.484 e. The van der Waals surface area contributed by atoms with E-state index in [0.29, 0.717) is 23.1 Å². The summed E-state index contributed by atoms with van der Waals surface area (Å²) in [6, 6.07) is 24.0. The molecule has 0 aliphatic carbocycles. The maximum Gasteiger partial charge on any atom is 0.290 e. The van der Waals surface area contributed by atoms with Gasteiger partial charge in [-0.1, -0.05) is 60.7 Å². The van der Waals surface area contributed by atoms with Crippen LogP contribution in [-0.2, 0) is 11.3 Å². The number of carbonyl (C=O) groups is 2. The van der Waals surface area contributed by atoms with Gasteiger partial charge in [0.05, 0.1) is 5.39 Å². The summed E-state index contributed by atoms with van der Waals surface area (Å²) in [4.78, 5) is 37.2. The van der Waals surface area contributed by atoms with E-state index in [4.69, 9.17) is 4.74 Å². The molecule has 2 N–H and O–H groups in total. The summed E-state index contributed by atoms with van der Waals surface area (Å²) in [6.07, 6.45) is 0. The highest BCUT2D eigenvalue weighted by molar-refractivity contribution is 6.05. The van der Waals surface area contributed by atoms with Crippen LogP contribution < -0.4 is 21.1 Å². The molecule has 1 aromatic heterocycles. The fourth-order valence-corrected chi connectivity index (χ4v) is 3.36. The highest BCUT2D eigenvalue weighted by Crippen LogP contribution is 2.22. The Morgan fingerprint density at radius 2 is 1.48 bits per heavy atom. The first-order valence-corrected chi connectivity index (χ1v) is 10.4. The quantitative estimate of drug-likeness (QED) is 0.447. The first-order chi connectivity index (χ1) is 16.1. The molecular weight excluding hydrogens is 420 g/mol. The van der Waals surface area contributed by atoms with Crippen molar-refractivity contribution in [1.29, 1.82) is 0 Å². The van der Waals surface area contributed by atoms with Crippen LogP contribution in [0.15, 0.2) is 83.7 Å². The lowest BCUT2D eigenvalue weighted by atomic mass is 10.1. The van der Waals surface area contributed by atoms with Crippen LogP contribution in [0, 0.1) is 0 Å². The van der Waals surface area contributed by atoms with Gasteiger partial charge in [-0.15, -0.1) is 0 Å². The third-order valence-corrected chi connectivity index (χ3v) is 5.03. The molecule has 3 aromatic carbocycles. The van der Waals surface area contributed by atoms with Crippen LogP contribution in [0.25, 0.3) is 21.9 Å². The first kappa shape index (κ1) is 21.8. The molecule has 4 rings (SSSR count). The van der Waals surface area contributed by atoms with Crippen LogP contribution in [0.5, 0.6) is 5.75 Å². The topological polar surface area (TPSA) is 102 Å². The number of rotatable bonds is 6. The van der Waals surface area contributed by atoms with E-state index in [1.54, 1.807) is 43.3 Å². The second kappa shape index (κ2) is 9.78. The van der Waals surface area contributed by atoms with Gasteiger partial charge in [-0.3, -0.25) is 25.2 Å². The van der Waals surface area contributed by atoms with Crippen molar-refractivity contribution in [2.24, 2.45) is 0 Å². The van der Waals surface area contributed by atoms with Crippen LogP contribution in [0.1, 0.15) is 17.4 Å². The molecule has 33 heavy (non-hydrogen) atoms. The number of fused-ring (bicyclic) bond motifs is 1. The fraction of sp³-hybridized carbons (Fsp3) is 0.120. The lowest BCUT2D eigenvalue weighted by Crippen LogP contribution is -2.44. The predicted molar refractivity (Wildman–Crippen MR) is 125 cm³/mol. The highest BCUT2D eigenvalue weighted by atomic mass is 16.5. The molecule has 0 radical (unpaired) electrons. The highest BCUT2D eigenvalue weighted by Gasteiger charge is 2.17. The van der Waals surface area contributed by atoms with Gasteiger partial charge in [0.1, 0.15) is 5.75 Å². The molecule has 0 atom stereocenters. The molecule has 0 spiro atoms. The Morgan fingerprint density at radius 1 is 0.848 bits per heavy atom. The summed E-state index contributed by atoms with van der Waals surface area (Å²) in [6.45, 7) is 1.79. The molecule has 0 aliphatic heterocycles. The molecule has 8 heteroatoms. The van der Waals surface area contributed by atoms with E-state index in [9.17, 15) is 14.4 Å². The minimum atomic E-state index is -0.631. The number of aromatic nitrogens is 2. The number of benzene rings is 3. The van der Waals surface area contributed by atoms with Gasteiger partial charge in [-0.2, -0.15) is 5.10 Å². The SMILES string of the molecule is CCn1nc(C(=O)NNC(=O)COc2ccc(-c3ccccc3)cc2)c2ccccc2c1=O. The largest absolute Gasteiger partial charge is 0.484 e. The Balaban J connectivity index is 1.36. The third-order valence-electron chi connectivity index (χ3n) is 5.03. The number of aryl methyl sites for hydroxylation is 1. The summed E-state index contributed by atoms with van der Waals surface area (Å²) in [5.41, 5.74) is 6.53. The first-order valence-electron chi connectivity index (χ1n) is 10.4. The van der Waals surface area contributed by atoms with E-state index in [2.05, 4.69) is 16.0 Å². The number of hydrogen-bond acceptors (Lipinski definition) is 5. The van der Waals surface area contributed by atoms with Crippen LogP contribution in [-0.4, -0.2) is 28.2 Å². The molecule has 166 valence electrons. The number of hydrogen-bond donors (Lipinski definition) is 2. The van der Waals surface area contributed by atoms with Crippen molar-refractivity contribution in [3.05, 3.63) is 94.9 Å². The Labute approximate surface area is 189 Å². The zero-order valence-electron chi connectivity index (χ0n) is 17.9. The predicted octanol–water partition coefficient (Wildman–Crippen LogP) is 2.92. The summed E-state index contributed by atoms with van der Waals surface area (Å²) in [5, 5.41) is 4.93. The van der Waals surface area contributed by atoms with Crippen molar-refractivity contribution >= 4 is 22.6 Å². The average Bonchev–Trinajstić information content (AvgIpc) is 2.87. The molecule has 0 aliphatic rings. The molecule has 0 saturated heterocycles. The Kier molecular flexibility index (Phi) is 6.45. The molecular formula is C25H22N4O4. The molecule has 0 fully saturated rings. The van der Waals surface area contributed by atoms with Gasteiger partial charge >= 0.3 is 0 Å². The number of ether oxygens (including phenoxy) is 1. The van der Waals surface area contributed by atoms with Gasteiger partial charge < -0.3 is 4.74 Å². The number of nitrogens with zero attached hydrogens (tertiary/aromatic N) is 2. The lowest BCUT2D eigenvalue weighted by molar-refractivity contribution is -0.123. The molecule has 2 amide bonds. The molecule has 4 aromatic rings.